The third kappa shape index (κ3) is 2.81. The molecule has 0 aliphatic heterocycles. The molecule has 1 aromatic carbocycles. The maximum absolute atomic E-state index is 11.7. The van der Waals surface area contributed by atoms with Crippen molar-refractivity contribution in [2.45, 2.75) is 13.0 Å². The summed E-state index contributed by atoms with van der Waals surface area (Å²) in [4.78, 5) is 21.5. The van der Waals surface area contributed by atoms with Crippen molar-refractivity contribution < 1.29 is 14.8 Å². The van der Waals surface area contributed by atoms with Crippen molar-refractivity contribution in [3.8, 4) is 5.75 Å². The Hall–Kier alpha value is -2.37. The van der Waals surface area contributed by atoms with Crippen molar-refractivity contribution in [2.24, 2.45) is 0 Å². The summed E-state index contributed by atoms with van der Waals surface area (Å²) < 4.78 is 0. The number of rotatable bonds is 4. The standard InChI is InChI=1S/C11H12N2O4/c1-3-7(2)12-11(15)8-5-4-6-9(10(8)14)13(16)17/h3-7,14H,1H2,2H3,(H,12,15). The number of benzene rings is 1. The maximum Gasteiger partial charge on any atom is 0.311 e. The van der Waals surface area contributed by atoms with E-state index >= 15 is 0 Å². The SMILES string of the molecule is C=CC(C)NC(=O)c1cccc([N+](=O)[O-])c1O. The van der Waals surface area contributed by atoms with Crippen LogP contribution >= 0.6 is 0 Å². The normalized spacial score (nSPS) is 11.6. The molecule has 1 atom stereocenters. The Kier molecular flexibility index (Phi) is 3.82. The number of nitrogens with one attached hydrogen (secondary N) is 1. The van der Waals surface area contributed by atoms with Gasteiger partial charge in [-0.05, 0) is 13.0 Å². The van der Waals surface area contributed by atoms with Gasteiger partial charge in [-0.15, -0.1) is 6.58 Å². The van der Waals surface area contributed by atoms with Crippen LogP contribution in [-0.4, -0.2) is 22.0 Å². The number of nitrogens with zero attached hydrogens (tertiary/aromatic N) is 1. The van der Waals surface area contributed by atoms with E-state index < -0.39 is 22.3 Å². The van der Waals surface area contributed by atoms with E-state index in [0.717, 1.165) is 6.07 Å². The maximum atomic E-state index is 11.7. The Balaban J connectivity index is 3.06. The molecule has 0 heterocycles. The average Bonchev–Trinajstić information content (AvgIpc) is 2.28. The first-order chi connectivity index (χ1) is 7.97. The summed E-state index contributed by atoms with van der Waals surface area (Å²) in [5.41, 5.74) is -0.628. The molecule has 2 N–H and O–H groups in total. The van der Waals surface area contributed by atoms with E-state index in [9.17, 15) is 20.0 Å². The van der Waals surface area contributed by atoms with Gasteiger partial charge in [-0.1, -0.05) is 12.1 Å². The van der Waals surface area contributed by atoms with E-state index in [1.165, 1.54) is 18.2 Å². The summed E-state index contributed by atoms with van der Waals surface area (Å²) in [7, 11) is 0. The molecule has 0 aliphatic rings. The lowest BCUT2D eigenvalue weighted by Crippen LogP contribution is -2.30. The smallest absolute Gasteiger partial charge is 0.311 e. The highest BCUT2D eigenvalue weighted by molar-refractivity contribution is 5.98. The fraction of sp³-hybridized carbons (Fsp3) is 0.182. The number of aromatic hydroxyl groups is 1. The molecule has 0 radical (unpaired) electrons. The molecular weight excluding hydrogens is 224 g/mol. The van der Waals surface area contributed by atoms with Crippen molar-refractivity contribution in [2.75, 3.05) is 0 Å². The summed E-state index contributed by atoms with van der Waals surface area (Å²) in [6, 6.07) is 3.49. The van der Waals surface area contributed by atoms with E-state index in [0.29, 0.717) is 0 Å². The lowest BCUT2D eigenvalue weighted by Gasteiger charge is -2.10. The molecule has 6 nitrogen and oxygen atoms in total. The van der Waals surface area contributed by atoms with Crippen molar-refractivity contribution >= 4 is 11.6 Å². The van der Waals surface area contributed by atoms with Gasteiger partial charge in [-0.3, -0.25) is 14.9 Å². The number of para-hydroxylation sites is 1. The van der Waals surface area contributed by atoms with Gasteiger partial charge >= 0.3 is 5.69 Å². The van der Waals surface area contributed by atoms with Crippen LogP contribution in [0.4, 0.5) is 5.69 Å². The minimum absolute atomic E-state index is 0.132. The number of phenolic OH excluding ortho intramolecular Hbond substituents is 1. The monoisotopic (exact) mass is 236 g/mol. The van der Waals surface area contributed by atoms with Gasteiger partial charge in [0, 0.05) is 12.1 Å². The summed E-state index contributed by atoms with van der Waals surface area (Å²) in [6.45, 7) is 5.18. The van der Waals surface area contributed by atoms with Gasteiger partial charge in [0.1, 0.15) is 0 Å². The van der Waals surface area contributed by atoms with E-state index in [-0.39, 0.29) is 11.6 Å². The largest absolute Gasteiger partial charge is 0.502 e. The lowest BCUT2D eigenvalue weighted by atomic mass is 10.1. The first kappa shape index (κ1) is 12.7. The number of amides is 1. The summed E-state index contributed by atoms with van der Waals surface area (Å²) in [5.74, 6) is -1.22. The van der Waals surface area contributed by atoms with Gasteiger partial charge in [0.15, 0.2) is 0 Å². The van der Waals surface area contributed by atoms with Crippen LogP contribution in [0.15, 0.2) is 30.9 Å². The van der Waals surface area contributed by atoms with Crippen LogP contribution in [0.1, 0.15) is 17.3 Å². The molecule has 1 unspecified atom stereocenters. The number of carbonyl (C=O) groups is 1. The highest BCUT2D eigenvalue weighted by Crippen LogP contribution is 2.29. The summed E-state index contributed by atoms with van der Waals surface area (Å²) in [6.07, 6.45) is 1.51. The predicted molar refractivity (Wildman–Crippen MR) is 61.9 cm³/mol. The Morgan fingerprint density at radius 1 is 1.65 bits per heavy atom. The second kappa shape index (κ2) is 5.11. The molecule has 0 spiro atoms. The van der Waals surface area contributed by atoms with Crippen molar-refractivity contribution in [3.63, 3.8) is 0 Å². The topological polar surface area (TPSA) is 92.5 Å². The number of nitro groups is 1. The summed E-state index contributed by atoms with van der Waals surface area (Å²) in [5, 5.41) is 22.7. The number of nitro benzene ring substituents is 1. The quantitative estimate of drug-likeness (QED) is 0.471. The van der Waals surface area contributed by atoms with Crippen LogP contribution in [0, 0.1) is 10.1 Å². The molecule has 0 aromatic heterocycles. The third-order valence-electron chi connectivity index (χ3n) is 2.17. The summed E-state index contributed by atoms with van der Waals surface area (Å²) >= 11 is 0. The van der Waals surface area contributed by atoms with Crippen LogP contribution < -0.4 is 5.32 Å². The Bertz CT molecular complexity index is 471. The van der Waals surface area contributed by atoms with Gasteiger partial charge in [0.05, 0.1) is 10.5 Å². The van der Waals surface area contributed by atoms with Crippen LogP contribution in [0.2, 0.25) is 0 Å². The average molecular weight is 236 g/mol. The minimum Gasteiger partial charge on any atom is -0.502 e. The first-order valence-corrected chi connectivity index (χ1v) is 4.87. The first-order valence-electron chi connectivity index (χ1n) is 4.87. The lowest BCUT2D eigenvalue weighted by molar-refractivity contribution is -0.385. The zero-order chi connectivity index (χ0) is 13.0. The fourth-order valence-corrected chi connectivity index (χ4v) is 1.21. The Morgan fingerprint density at radius 2 is 2.29 bits per heavy atom. The predicted octanol–water partition coefficient (Wildman–Crippen LogP) is 1.60. The molecule has 1 rings (SSSR count). The molecule has 6 heteroatoms. The zero-order valence-electron chi connectivity index (χ0n) is 9.21. The number of carbonyl (C=O) groups excluding carboxylic acids is 1. The molecule has 0 saturated carbocycles. The zero-order valence-corrected chi connectivity index (χ0v) is 9.21. The molecule has 0 bridgehead atoms. The van der Waals surface area contributed by atoms with E-state index in [1.54, 1.807) is 6.92 Å². The van der Waals surface area contributed by atoms with Crippen molar-refractivity contribution in [3.05, 3.63) is 46.5 Å². The van der Waals surface area contributed by atoms with Crippen molar-refractivity contribution in [1.29, 1.82) is 0 Å². The molecule has 17 heavy (non-hydrogen) atoms. The molecule has 1 aromatic rings. The Labute approximate surface area is 97.7 Å². The highest BCUT2D eigenvalue weighted by atomic mass is 16.6. The molecule has 0 fully saturated rings. The van der Waals surface area contributed by atoms with Crippen LogP contribution in [0.5, 0.6) is 5.75 Å². The van der Waals surface area contributed by atoms with Gasteiger partial charge < -0.3 is 10.4 Å². The third-order valence-corrected chi connectivity index (χ3v) is 2.17. The van der Waals surface area contributed by atoms with Gasteiger partial charge in [0.2, 0.25) is 5.75 Å². The van der Waals surface area contributed by atoms with E-state index in [2.05, 4.69) is 11.9 Å². The highest BCUT2D eigenvalue weighted by Gasteiger charge is 2.21. The second-order valence-corrected chi connectivity index (χ2v) is 3.43. The van der Waals surface area contributed by atoms with Crippen molar-refractivity contribution in [1.82, 2.24) is 5.32 Å². The van der Waals surface area contributed by atoms with Gasteiger partial charge in [-0.2, -0.15) is 0 Å². The Morgan fingerprint density at radius 3 is 2.82 bits per heavy atom. The molecular formula is C11H12N2O4. The van der Waals surface area contributed by atoms with Crippen LogP contribution in [0.25, 0.3) is 0 Å². The van der Waals surface area contributed by atoms with E-state index in [1.807, 2.05) is 0 Å². The van der Waals surface area contributed by atoms with Crippen LogP contribution in [0.3, 0.4) is 0 Å². The second-order valence-electron chi connectivity index (χ2n) is 3.43. The number of hydrogen-bond acceptors (Lipinski definition) is 4. The number of hydrogen-bond donors (Lipinski definition) is 2. The van der Waals surface area contributed by atoms with Crippen LogP contribution in [-0.2, 0) is 0 Å². The molecule has 90 valence electrons. The molecule has 0 saturated heterocycles. The van der Waals surface area contributed by atoms with E-state index in [4.69, 9.17) is 0 Å². The fourth-order valence-electron chi connectivity index (χ4n) is 1.21. The van der Waals surface area contributed by atoms with Gasteiger partial charge in [0.25, 0.3) is 5.91 Å². The van der Waals surface area contributed by atoms with Gasteiger partial charge in [-0.25, -0.2) is 0 Å². The molecule has 1 amide bonds. The molecule has 0 aliphatic carbocycles. The number of phenols is 1. The minimum atomic E-state index is -0.747.